The van der Waals surface area contributed by atoms with Crippen molar-refractivity contribution in [3.63, 3.8) is 0 Å². The Kier molecular flexibility index (Phi) is 4.28. The maximum atomic E-state index is 11.8. The molecule has 2 aromatic carbocycles. The van der Waals surface area contributed by atoms with E-state index in [2.05, 4.69) is 10.7 Å². The molecule has 1 N–H and O–H groups in total. The van der Waals surface area contributed by atoms with Gasteiger partial charge in [0.2, 0.25) is 0 Å². The fourth-order valence-electron chi connectivity index (χ4n) is 1.50. The van der Waals surface area contributed by atoms with Crippen LogP contribution >= 0.6 is 0 Å². The number of nitroso groups, excluding NO2 is 1. The molecule has 0 heterocycles. The Morgan fingerprint density at radius 2 is 1.90 bits per heavy atom. The average Bonchev–Trinajstić information content (AvgIpc) is 2.53. The van der Waals surface area contributed by atoms with Crippen LogP contribution in [0.1, 0.15) is 10.4 Å². The maximum absolute atomic E-state index is 11.8. The molecule has 0 saturated heterocycles. The van der Waals surface area contributed by atoms with Crippen LogP contribution in [0.25, 0.3) is 0 Å². The quantitative estimate of drug-likeness (QED) is 0.667. The molecule has 2 rings (SSSR count). The van der Waals surface area contributed by atoms with Crippen molar-refractivity contribution in [1.29, 1.82) is 0 Å². The molecule has 0 aliphatic rings. The van der Waals surface area contributed by atoms with Crippen molar-refractivity contribution in [3.05, 3.63) is 59.0 Å². The van der Waals surface area contributed by atoms with Gasteiger partial charge in [0.25, 0.3) is 0 Å². The summed E-state index contributed by atoms with van der Waals surface area (Å²) in [6.07, 6.45) is 0. The molecule has 0 radical (unpaired) electrons. The highest BCUT2D eigenvalue weighted by atomic mass is 16.7. The molecular weight excluding hydrogens is 260 g/mol. The van der Waals surface area contributed by atoms with Crippen molar-refractivity contribution in [3.8, 4) is 5.75 Å². The van der Waals surface area contributed by atoms with Gasteiger partial charge in [-0.3, -0.25) is 0 Å². The lowest BCUT2D eigenvalue weighted by atomic mass is 10.2. The van der Waals surface area contributed by atoms with Gasteiger partial charge in [0.15, 0.2) is 0 Å². The van der Waals surface area contributed by atoms with Crippen molar-refractivity contribution in [1.82, 2.24) is 0 Å². The number of benzene rings is 2. The summed E-state index contributed by atoms with van der Waals surface area (Å²) in [6, 6.07) is 12.8. The van der Waals surface area contributed by atoms with Gasteiger partial charge in [-0.1, -0.05) is 6.07 Å². The normalized spacial score (nSPS) is 9.65. The minimum atomic E-state index is -0.540. The molecule has 20 heavy (non-hydrogen) atoms. The summed E-state index contributed by atoms with van der Waals surface area (Å²) in [5, 5.41) is 2.77. The summed E-state index contributed by atoms with van der Waals surface area (Å²) in [6.45, 7) is 0. The van der Waals surface area contributed by atoms with Crippen LogP contribution in [-0.2, 0) is 4.84 Å². The number of hydrogen-bond donors (Lipinski definition) is 1. The molecule has 6 nitrogen and oxygen atoms in total. The van der Waals surface area contributed by atoms with Gasteiger partial charge in [-0.25, -0.2) is 10.3 Å². The van der Waals surface area contributed by atoms with E-state index in [1.165, 1.54) is 19.2 Å². The molecule has 0 amide bonds. The first-order valence-electron chi connectivity index (χ1n) is 5.77. The van der Waals surface area contributed by atoms with E-state index in [0.29, 0.717) is 22.7 Å². The smallest absolute Gasteiger partial charge is 0.362 e. The third-order valence-corrected chi connectivity index (χ3v) is 2.54. The first-order chi connectivity index (χ1) is 9.72. The number of nitrogens with zero attached hydrogens (tertiary/aromatic N) is 1. The van der Waals surface area contributed by atoms with E-state index in [-0.39, 0.29) is 0 Å². The molecule has 6 heteroatoms. The molecule has 102 valence electrons. The lowest BCUT2D eigenvalue weighted by Gasteiger charge is -2.07. The zero-order valence-corrected chi connectivity index (χ0v) is 10.7. The second kappa shape index (κ2) is 6.33. The monoisotopic (exact) mass is 272 g/mol. The summed E-state index contributed by atoms with van der Waals surface area (Å²) in [7, 11) is 1.52. The van der Waals surface area contributed by atoms with Crippen LogP contribution < -0.4 is 10.2 Å². The Morgan fingerprint density at radius 3 is 2.55 bits per heavy atom. The molecule has 0 saturated carbocycles. The lowest BCUT2D eigenvalue weighted by molar-refractivity contribution is 0.0596. The van der Waals surface area contributed by atoms with Crippen LogP contribution in [-0.4, -0.2) is 13.1 Å². The zero-order chi connectivity index (χ0) is 14.4. The minimum Gasteiger partial charge on any atom is -0.497 e. The number of ether oxygens (including phenoxy) is 1. The van der Waals surface area contributed by atoms with Crippen LogP contribution in [0.15, 0.2) is 53.7 Å². The van der Waals surface area contributed by atoms with Gasteiger partial charge in [0.1, 0.15) is 11.4 Å². The number of carbonyl (C=O) groups excluding carboxylic acids is 1. The Balaban J connectivity index is 1.98. The summed E-state index contributed by atoms with van der Waals surface area (Å²) in [4.78, 5) is 27.0. The second-order valence-corrected chi connectivity index (χ2v) is 3.86. The van der Waals surface area contributed by atoms with E-state index >= 15 is 0 Å². The highest BCUT2D eigenvalue weighted by molar-refractivity contribution is 5.90. The van der Waals surface area contributed by atoms with Crippen LogP contribution in [0.5, 0.6) is 5.75 Å². The van der Waals surface area contributed by atoms with E-state index < -0.39 is 5.97 Å². The standard InChI is InChI=1S/C14H12N2O4/c1-19-13-4-2-3-10(9-13)14(17)20-16-12-7-5-11(15-18)6-8-12/h2-9,16H,1H3. The molecule has 0 bridgehead atoms. The number of anilines is 1. The molecule has 0 spiro atoms. The molecular formula is C14H12N2O4. The Hall–Kier alpha value is -2.89. The predicted octanol–water partition coefficient (Wildman–Crippen LogP) is 3.28. The molecule has 0 aromatic heterocycles. The highest BCUT2D eigenvalue weighted by Gasteiger charge is 2.08. The predicted molar refractivity (Wildman–Crippen MR) is 73.9 cm³/mol. The SMILES string of the molecule is COc1cccc(C(=O)ONc2ccc(N=O)cc2)c1. The molecule has 0 aliphatic carbocycles. The number of hydrogen-bond acceptors (Lipinski definition) is 6. The van der Waals surface area contributed by atoms with E-state index in [0.717, 1.165) is 0 Å². The first-order valence-corrected chi connectivity index (χ1v) is 5.77. The molecule has 2 aromatic rings. The third kappa shape index (κ3) is 3.32. The van der Waals surface area contributed by atoms with Gasteiger partial charge in [-0.2, -0.15) is 0 Å². The van der Waals surface area contributed by atoms with Crippen LogP contribution in [0.4, 0.5) is 11.4 Å². The van der Waals surface area contributed by atoms with E-state index in [9.17, 15) is 9.70 Å². The van der Waals surface area contributed by atoms with Crippen LogP contribution in [0.2, 0.25) is 0 Å². The number of nitrogens with one attached hydrogen (secondary N) is 1. The fraction of sp³-hybridized carbons (Fsp3) is 0.0714. The van der Waals surface area contributed by atoms with Crippen molar-refractivity contribution in [2.24, 2.45) is 5.18 Å². The van der Waals surface area contributed by atoms with E-state index in [1.807, 2.05) is 0 Å². The molecule has 0 aliphatic heterocycles. The van der Waals surface area contributed by atoms with E-state index in [4.69, 9.17) is 9.57 Å². The number of rotatable bonds is 5. The number of carbonyl (C=O) groups is 1. The number of methoxy groups -OCH3 is 1. The van der Waals surface area contributed by atoms with E-state index in [1.54, 1.807) is 36.4 Å². The van der Waals surface area contributed by atoms with Gasteiger partial charge < -0.3 is 9.57 Å². The van der Waals surface area contributed by atoms with Crippen molar-refractivity contribution >= 4 is 17.3 Å². The third-order valence-electron chi connectivity index (χ3n) is 2.54. The first kappa shape index (κ1) is 13.5. The van der Waals surface area contributed by atoms with Gasteiger partial charge in [-0.15, -0.1) is 4.91 Å². The summed E-state index contributed by atoms with van der Waals surface area (Å²) in [5.41, 5.74) is 3.70. The summed E-state index contributed by atoms with van der Waals surface area (Å²) in [5.74, 6) is 0.0300. The lowest BCUT2D eigenvalue weighted by Crippen LogP contribution is -2.10. The van der Waals surface area contributed by atoms with Crippen molar-refractivity contribution < 1.29 is 14.4 Å². The Labute approximate surface area is 115 Å². The van der Waals surface area contributed by atoms with Crippen molar-refractivity contribution in [2.75, 3.05) is 12.6 Å². The maximum Gasteiger partial charge on any atom is 0.362 e. The van der Waals surface area contributed by atoms with Gasteiger partial charge >= 0.3 is 5.97 Å². The topological polar surface area (TPSA) is 77.0 Å². The van der Waals surface area contributed by atoms with Crippen molar-refractivity contribution in [2.45, 2.75) is 0 Å². The summed E-state index contributed by atoms with van der Waals surface area (Å²) < 4.78 is 5.03. The van der Waals surface area contributed by atoms with Gasteiger partial charge in [0, 0.05) is 0 Å². The van der Waals surface area contributed by atoms with Gasteiger partial charge in [0.05, 0.1) is 18.4 Å². The molecule has 0 atom stereocenters. The fourth-order valence-corrected chi connectivity index (χ4v) is 1.50. The minimum absolute atomic E-state index is 0.301. The summed E-state index contributed by atoms with van der Waals surface area (Å²) >= 11 is 0. The Bertz CT molecular complexity index is 611. The van der Waals surface area contributed by atoms with Crippen LogP contribution in [0.3, 0.4) is 0 Å². The highest BCUT2D eigenvalue weighted by Crippen LogP contribution is 2.17. The largest absolute Gasteiger partial charge is 0.497 e. The average molecular weight is 272 g/mol. The molecule has 0 unspecified atom stereocenters. The Morgan fingerprint density at radius 1 is 1.15 bits per heavy atom. The molecule has 0 fully saturated rings. The van der Waals surface area contributed by atoms with Crippen LogP contribution in [0, 0.1) is 4.91 Å². The zero-order valence-electron chi connectivity index (χ0n) is 10.7. The second-order valence-electron chi connectivity index (χ2n) is 3.86. The van der Waals surface area contributed by atoms with Gasteiger partial charge in [-0.05, 0) is 47.6 Å².